The fourth-order valence-electron chi connectivity index (χ4n) is 1.38. The van der Waals surface area contributed by atoms with Crippen LogP contribution in [0.25, 0.3) is 0 Å². The van der Waals surface area contributed by atoms with Crippen molar-refractivity contribution >= 4 is 0 Å². The van der Waals surface area contributed by atoms with Crippen LogP contribution in [-0.4, -0.2) is 6.54 Å². The van der Waals surface area contributed by atoms with E-state index in [1.165, 1.54) is 11.1 Å². The molecule has 0 aliphatic carbocycles. The molecule has 1 aromatic rings. The van der Waals surface area contributed by atoms with Crippen LogP contribution in [0.5, 0.6) is 0 Å². The number of benzene rings is 1. The molecule has 0 unspecified atom stereocenters. The van der Waals surface area contributed by atoms with Crippen LogP contribution >= 0.6 is 0 Å². The highest BCUT2D eigenvalue weighted by Gasteiger charge is 1.93. The molecule has 0 heterocycles. The van der Waals surface area contributed by atoms with Crippen LogP contribution in [0.4, 0.5) is 0 Å². The van der Waals surface area contributed by atoms with E-state index in [0.717, 1.165) is 25.7 Å². The molecule has 1 aromatic carbocycles. The second kappa shape index (κ2) is 5.76. The summed E-state index contributed by atoms with van der Waals surface area (Å²) in [6.07, 6.45) is 4.19. The van der Waals surface area contributed by atoms with E-state index in [2.05, 4.69) is 31.2 Å². The van der Waals surface area contributed by atoms with Crippen molar-refractivity contribution in [3.05, 3.63) is 35.4 Å². The summed E-state index contributed by atoms with van der Waals surface area (Å²) in [6, 6.07) is 8.76. The molecule has 70 valence electrons. The first-order chi connectivity index (χ1) is 6.36. The normalized spacial score (nSPS) is 10.3. The smallest absolute Gasteiger partial charge is 0.0321 e. The van der Waals surface area contributed by atoms with Crippen molar-refractivity contribution in [3.63, 3.8) is 0 Å². The Morgan fingerprint density at radius 3 is 2.15 bits per heavy atom. The summed E-state index contributed by atoms with van der Waals surface area (Å²) in [6.45, 7) is 2.48. The van der Waals surface area contributed by atoms with Gasteiger partial charge in [-0.05, 0) is 36.8 Å². The van der Waals surface area contributed by atoms with Gasteiger partial charge in [-0.1, -0.05) is 31.2 Å². The van der Waals surface area contributed by atoms with E-state index in [4.69, 9.17) is 5.73 Å². The van der Waals surface area contributed by atoms with E-state index < -0.39 is 0 Å². The maximum absolute atomic E-state index is 8.63. The average molecular weight is 175 g/mol. The van der Waals surface area contributed by atoms with Crippen LogP contribution in [0.3, 0.4) is 0 Å². The lowest BCUT2D eigenvalue weighted by Gasteiger charge is -2.01. The Kier molecular flexibility index (Phi) is 4.55. The maximum Gasteiger partial charge on any atom is 0.0321 e. The van der Waals surface area contributed by atoms with Crippen LogP contribution < -0.4 is 5.73 Å². The van der Waals surface area contributed by atoms with E-state index in [0.29, 0.717) is 6.54 Å². The third-order valence-electron chi connectivity index (χ3n) is 2.30. The van der Waals surface area contributed by atoms with Crippen LogP contribution in [0.2, 0.25) is 0 Å². The van der Waals surface area contributed by atoms with Gasteiger partial charge in [-0.25, -0.2) is 0 Å². The molecule has 1 nitrogen and oxygen atoms in total. The van der Waals surface area contributed by atoms with Crippen LogP contribution in [0.1, 0.15) is 30.9 Å². The molecular weight excluding hydrogens is 158 g/mol. The Bertz CT molecular complexity index is 225. The number of hydrogen-bond acceptors (Lipinski definition) is 0. The topological polar surface area (TPSA) is 22.3 Å². The lowest BCUT2D eigenvalue weighted by Crippen LogP contribution is -1.90. The van der Waals surface area contributed by atoms with Crippen molar-refractivity contribution in [2.24, 2.45) is 0 Å². The number of unbranched alkanes of at least 4 members (excludes halogenated alkanes) is 1. The molecule has 1 heteroatoms. The predicted octanol–water partition coefficient (Wildman–Crippen LogP) is 2.64. The Morgan fingerprint density at radius 1 is 1.00 bits per heavy atom. The molecule has 0 atom stereocenters. The SMILES string of the molecule is CCc1ccc(CCCC[N])cc1. The standard InChI is InChI=1S/C12H17N/c1-2-11-6-8-12(9-7-11)5-3-4-10-13/h6-9H,2-5,10H2,1H3. The minimum atomic E-state index is 0.313. The summed E-state index contributed by atoms with van der Waals surface area (Å²) in [5, 5.41) is 0. The largest absolute Gasteiger partial charge is 0.145 e. The molecule has 0 saturated carbocycles. The predicted molar refractivity (Wildman–Crippen MR) is 55.8 cm³/mol. The summed E-state index contributed by atoms with van der Waals surface area (Å²) in [4.78, 5) is 0. The van der Waals surface area contributed by atoms with Gasteiger partial charge in [0.1, 0.15) is 0 Å². The van der Waals surface area contributed by atoms with Crippen LogP contribution in [0.15, 0.2) is 24.3 Å². The van der Waals surface area contributed by atoms with Gasteiger partial charge in [0.25, 0.3) is 0 Å². The van der Waals surface area contributed by atoms with Crippen LogP contribution in [-0.2, 0) is 12.8 Å². The summed E-state index contributed by atoms with van der Waals surface area (Å²) in [7, 11) is 0. The van der Waals surface area contributed by atoms with Crippen molar-refractivity contribution < 1.29 is 0 Å². The van der Waals surface area contributed by atoms with Crippen molar-refractivity contribution in [2.75, 3.05) is 6.54 Å². The minimum Gasteiger partial charge on any atom is -0.145 e. The van der Waals surface area contributed by atoms with Crippen molar-refractivity contribution in [3.8, 4) is 0 Å². The highest BCUT2D eigenvalue weighted by atomic mass is 14.5. The Labute approximate surface area is 81.0 Å². The van der Waals surface area contributed by atoms with Crippen molar-refractivity contribution in [1.29, 1.82) is 0 Å². The summed E-state index contributed by atoms with van der Waals surface area (Å²) in [5.41, 5.74) is 11.4. The molecule has 0 aliphatic rings. The second-order valence-corrected chi connectivity index (χ2v) is 3.35. The zero-order valence-electron chi connectivity index (χ0n) is 8.29. The van der Waals surface area contributed by atoms with Gasteiger partial charge >= 0.3 is 0 Å². The first-order valence-electron chi connectivity index (χ1n) is 5.05. The fraction of sp³-hybridized carbons (Fsp3) is 0.500. The van der Waals surface area contributed by atoms with Gasteiger partial charge in [0.05, 0.1) is 0 Å². The second-order valence-electron chi connectivity index (χ2n) is 3.35. The monoisotopic (exact) mass is 175 g/mol. The highest BCUT2D eigenvalue weighted by molar-refractivity contribution is 5.22. The maximum atomic E-state index is 8.63. The zero-order valence-corrected chi connectivity index (χ0v) is 8.29. The summed E-state index contributed by atoms with van der Waals surface area (Å²) in [5.74, 6) is 0. The van der Waals surface area contributed by atoms with Gasteiger partial charge in [-0.3, -0.25) is 0 Å². The van der Waals surface area contributed by atoms with E-state index in [9.17, 15) is 0 Å². The first kappa shape index (κ1) is 10.3. The molecule has 0 spiro atoms. The Hall–Kier alpha value is -0.820. The lowest BCUT2D eigenvalue weighted by molar-refractivity contribution is 0.735. The molecule has 13 heavy (non-hydrogen) atoms. The number of hydrogen-bond donors (Lipinski definition) is 0. The summed E-state index contributed by atoms with van der Waals surface area (Å²) >= 11 is 0. The molecule has 0 aliphatic heterocycles. The molecule has 0 bridgehead atoms. The van der Waals surface area contributed by atoms with Gasteiger partial charge in [-0.2, -0.15) is 0 Å². The molecule has 0 amide bonds. The molecule has 0 saturated heterocycles. The molecule has 1 rings (SSSR count). The van der Waals surface area contributed by atoms with Crippen molar-refractivity contribution in [2.45, 2.75) is 32.6 Å². The number of nitrogens with zero attached hydrogens (tertiary/aromatic N) is 1. The lowest BCUT2D eigenvalue weighted by atomic mass is 10.1. The minimum absolute atomic E-state index is 0.313. The highest BCUT2D eigenvalue weighted by Crippen LogP contribution is 2.07. The van der Waals surface area contributed by atoms with E-state index in [-0.39, 0.29) is 0 Å². The van der Waals surface area contributed by atoms with Crippen molar-refractivity contribution in [1.82, 2.24) is 5.73 Å². The van der Waals surface area contributed by atoms with Crippen LogP contribution in [0, 0.1) is 0 Å². The van der Waals surface area contributed by atoms with Gasteiger partial charge in [-0.15, -0.1) is 5.73 Å². The first-order valence-corrected chi connectivity index (χ1v) is 5.05. The third-order valence-corrected chi connectivity index (χ3v) is 2.30. The van der Waals surface area contributed by atoms with Gasteiger partial charge in [0, 0.05) is 6.54 Å². The van der Waals surface area contributed by atoms with E-state index in [1.54, 1.807) is 0 Å². The van der Waals surface area contributed by atoms with E-state index in [1.807, 2.05) is 0 Å². The van der Waals surface area contributed by atoms with E-state index >= 15 is 0 Å². The average Bonchev–Trinajstić information content (AvgIpc) is 2.19. The van der Waals surface area contributed by atoms with Gasteiger partial charge in [0.2, 0.25) is 0 Å². The molecule has 0 aromatic heterocycles. The van der Waals surface area contributed by atoms with Gasteiger partial charge < -0.3 is 0 Å². The number of aryl methyl sites for hydroxylation is 2. The molecule has 2 radical (unpaired) electrons. The number of rotatable bonds is 5. The third kappa shape index (κ3) is 3.60. The quantitative estimate of drug-likeness (QED) is 0.614. The molecule has 0 fully saturated rings. The Balaban J connectivity index is 2.40. The van der Waals surface area contributed by atoms with Gasteiger partial charge in [0.15, 0.2) is 0 Å². The molecule has 0 N–H and O–H groups in total. The summed E-state index contributed by atoms with van der Waals surface area (Å²) < 4.78 is 0. The molecular formula is C12H17N. The zero-order chi connectivity index (χ0) is 9.52. The fourth-order valence-corrected chi connectivity index (χ4v) is 1.38. The Morgan fingerprint density at radius 2 is 1.62 bits per heavy atom.